The Bertz CT molecular complexity index is 2240. The van der Waals surface area contributed by atoms with E-state index in [9.17, 15) is 9.90 Å². The fourth-order valence-corrected chi connectivity index (χ4v) is 8.47. The Kier molecular flexibility index (Phi) is 8.91. The molecule has 0 atom stereocenters. The minimum absolute atomic E-state index is 0. The van der Waals surface area contributed by atoms with Gasteiger partial charge in [-0.3, -0.25) is 4.79 Å². The number of pyridine rings is 2. The van der Waals surface area contributed by atoms with Crippen LogP contribution in [0.1, 0.15) is 107 Å². The van der Waals surface area contributed by atoms with E-state index in [1.165, 1.54) is 33.5 Å². The number of allylic oxidation sites excluding steroid dienone is 2. The zero-order chi connectivity index (χ0) is 34.9. The van der Waals surface area contributed by atoms with Crippen LogP contribution in [0.15, 0.2) is 60.4 Å². The van der Waals surface area contributed by atoms with Crippen LogP contribution in [0.5, 0.6) is 0 Å². The molecule has 6 aromatic rings. The van der Waals surface area contributed by atoms with Gasteiger partial charge in [0, 0.05) is 55.2 Å². The Morgan fingerprint density at radius 3 is 2.32 bits per heavy atom. The zero-order valence-electron chi connectivity index (χ0n) is 31.3. The Hall–Kier alpha value is -3.27. The summed E-state index contributed by atoms with van der Waals surface area (Å²) < 4.78 is 19.7. The minimum atomic E-state index is -0.0228. The van der Waals surface area contributed by atoms with Gasteiger partial charge in [0.15, 0.2) is 5.78 Å². The molecule has 7 rings (SSSR count). The molecule has 0 aliphatic heterocycles. The molecule has 0 unspecified atom stereocenters. The summed E-state index contributed by atoms with van der Waals surface area (Å²) in [6, 6.07) is 16.8. The standard InChI is InChI=1S/C29H25N2.C13H24O2.Ir/c1-16-12-19-18-8-6-7-9-22(18)31-26(19)20(13-16)25-23-17(10-11-30-25)14-21-24(27(23)31)29(4,5)15-28(21,2)3;1-5-10(6-2)12(14)9-13(15)11(7-3)8-4;/h6-12,14H,15H2,1-5H3;9-11,14H,5-8H2,1-4H3;/q-1;;/b;12-9-;/i10D,11D;;. The van der Waals surface area contributed by atoms with Crippen LogP contribution in [0.4, 0.5) is 0 Å². The number of aliphatic hydroxyl groups is 1. The number of aryl methyl sites for hydroxylation is 1. The van der Waals surface area contributed by atoms with Crippen LogP contribution < -0.4 is 0 Å². The molecule has 0 amide bonds. The molecule has 3 heterocycles. The van der Waals surface area contributed by atoms with E-state index in [1.807, 2.05) is 27.7 Å². The Morgan fingerprint density at radius 2 is 1.66 bits per heavy atom. The van der Waals surface area contributed by atoms with E-state index in [4.69, 9.17) is 7.73 Å². The number of nitrogens with zero attached hydrogens (tertiary/aromatic N) is 2. The van der Waals surface area contributed by atoms with Gasteiger partial charge in [0.2, 0.25) is 0 Å². The van der Waals surface area contributed by atoms with Gasteiger partial charge in [0.1, 0.15) is 0 Å². The third-order valence-corrected chi connectivity index (χ3v) is 10.6. The van der Waals surface area contributed by atoms with Gasteiger partial charge in [-0.25, -0.2) is 0 Å². The zero-order valence-corrected chi connectivity index (χ0v) is 31.7. The van der Waals surface area contributed by atoms with Gasteiger partial charge in [-0.05, 0) is 93.4 Å². The molecule has 5 heteroatoms. The third kappa shape index (κ3) is 5.68. The molecular weight excluding hydrogens is 757 g/mol. The van der Waals surface area contributed by atoms with Gasteiger partial charge in [-0.2, -0.15) is 0 Å². The first-order valence-electron chi connectivity index (χ1n) is 18.1. The van der Waals surface area contributed by atoms with Crippen molar-refractivity contribution in [1.82, 2.24) is 9.38 Å². The molecule has 1 radical (unpaired) electrons. The van der Waals surface area contributed by atoms with E-state index in [0.717, 1.165) is 70.4 Å². The number of carbonyl (C=O) groups is 1. The SMILES string of the molecule is CCC(CC)C(=O)/C=C(\O)C(CC)CC.[2H]c1nc2c3[c-]c(C)cc4c5ccccc5n(c5c6c(cc(c1[2H])c25)C(C)(C)CC6(C)C)c34.[Ir]. The molecule has 3 aromatic carbocycles. The number of carbonyl (C=O) groups excluding carboxylic acids is 1. The normalized spacial score (nSPS) is 16.2. The quantitative estimate of drug-likeness (QED) is 0.0575. The molecule has 1 N–H and O–H groups in total. The fourth-order valence-electron chi connectivity index (χ4n) is 8.47. The first-order chi connectivity index (χ1) is 22.7. The second-order valence-electron chi connectivity index (χ2n) is 14.7. The molecule has 0 saturated carbocycles. The number of aromatic nitrogens is 2. The summed E-state index contributed by atoms with van der Waals surface area (Å²) in [5.41, 5.74) is 7.93. The van der Waals surface area contributed by atoms with Gasteiger partial charge in [-0.15, -0.1) is 17.7 Å². The summed E-state index contributed by atoms with van der Waals surface area (Å²) in [6.45, 7) is 19.4. The van der Waals surface area contributed by atoms with Crippen molar-refractivity contribution in [3.8, 4) is 0 Å². The van der Waals surface area contributed by atoms with E-state index in [0.29, 0.717) is 0 Å². The molecule has 3 aromatic heterocycles. The van der Waals surface area contributed by atoms with Gasteiger partial charge >= 0.3 is 0 Å². The molecule has 249 valence electrons. The Balaban J connectivity index is 0.000000252. The number of hydrogen-bond acceptors (Lipinski definition) is 3. The molecule has 0 fully saturated rings. The van der Waals surface area contributed by atoms with Crippen LogP contribution in [-0.4, -0.2) is 20.3 Å². The first-order valence-corrected chi connectivity index (χ1v) is 17.1. The van der Waals surface area contributed by atoms with Gasteiger partial charge < -0.3 is 14.5 Å². The van der Waals surface area contributed by atoms with Crippen molar-refractivity contribution in [2.24, 2.45) is 11.8 Å². The topological polar surface area (TPSA) is 54.6 Å². The largest absolute Gasteiger partial charge is 0.512 e. The molecular formula is C42H49IrN2O2-. The molecule has 1 aliphatic rings. The van der Waals surface area contributed by atoms with Crippen molar-refractivity contribution in [1.29, 1.82) is 0 Å². The molecule has 0 spiro atoms. The Labute approximate surface area is 296 Å². The average molecular weight is 808 g/mol. The van der Waals surface area contributed by atoms with Crippen molar-refractivity contribution in [3.63, 3.8) is 0 Å². The predicted molar refractivity (Wildman–Crippen MR) is 195 cm³/mol. The molecule has 0 bridgehead atoms. The first kappa shape index (κ1) is 32.3. The van der Waals surface area contributed by atoms with E-state index < -0.39 is 0 Å². The predicted octanol–water partition coefficient (Wildman–Crippen LogP) is 11.3. The molecule has 0 saturated heterocycles. The van der Waals surface area contributed by atoms with Crippen LogP contribution in [0.25, 0.3) is 49.0 Å². The number of hydrogen-bond donors (Lipinski definition) is 1. The number of para-hydroxylation sites is 1. The molecule has 47 heavy (non-hydrogen) atoms. The van der Waals surface area contributed by atoms with E-state index in [1.54, 1.807) is 0 Å². The maximum Gasteiger partial charge on any atom is 0.162 e. The summed E-state index contributed by atoms with van der Waals surface area (Å²) >= 11 is 0. The van der Waals surface area contributed by atoms with Crippen molar-refractivity contribution < 1.29 is 32.7 Å². The Morgan fingerprint density at radius 1 is 1.00 bits per heavy atom. The van der Waals surface area contributed by atoms with Crippen molar-refractivity contribution >= 4 is 54.8 Å². The maximum atomic E-state index is 11.7. The van der Waals surface area contributed by atoms with E-state index >= 15 is 0 Å². The molecule has 4 nitrogen and oxygen atoms in total. The maximum absolute atomic E-state index is 11.7. The summed E-state index contributed by atoms with van der Waals surface area (Å²) in [4.78, 5) is 16.4. The van der Waals surface area contributed by atoms with Crippen molar-refractivity contribution in [2.75, 3.05) is 0 Å². The van der Waals surface area contributed by atoms with Crippen LogP contribution in [0.3, 0.4) is 0 Å². The number of fused-ring (bicyclic) bond motifs is 7. The summed E-state index contributed by atoms with van der Waals surface area (Å²) in [7, 11) is 0. The van der Waals surface area contributed by atoms with E-state index in [-0.39, 0.29) is 66.5 Å². The van der Waals surface area contributed by atoms with E-state index in [2.05, 4.69) is 81.5 Å². The number of benzene rings is 3. The van der Waals surface area contributed by atoms with Crippen LogP contribution >= 0.6 is 0 Å². The average Bonchev–Trinajstić information content (AvgIpc) is 3.46. The number of rotatable bonds is 7. The smallest absolute Gasteiger partial charge is 0.162 e. The summed E-state index contributed by atoms with van der Waals surface area (Å²) in [5.74, 6) is 0.547. The van der Waals surface area contributed by atoms with Crippen molar-refractivity contribution in [2.45, 2.75) is 105 Å². The summed E-state index contributed by atoms with van der Waals surface area (Å²) in [6.07, 6.45) is 5.98. The van der Waals surface area contributed by atoms with Crippen LogP contribution in [0, 0.1) is 24.8 Å². The van der Waals surface area contributed by atoms with Crippen LogP contribution in [0.2, 0.25) is 0 Å². The van der Waals surface area contributed by atoms with Crippen molar-refractivity contribution in [3.05, 3.63) is 83.2 Å². The fraction of sp³-hybridized carbons (Fsp3) is 0.429. The number of ketones is 1. The van der Waals surface area contributed by atoms with Gasteiger partial charge in [-0.1, -0.05) is 97.4 Å². The second kappa shape index (κ2) is 13.0. The number of aliphatic hydroxyl groups excluding tert-OH is 1. The van der Waals surface area contributed by atoms with Gasteiger partial charge in [0.05, 0.1) is 8.50 Å². The summed E-state index contributed by atoms with van der Waals surface area (Å²) in [5, 5.41) is 15.0. The third-order valence-electron chi connectivity index (χ3n) is 10.6. The van der Waals surface area contributed by atoms with Gasteiger partial charge in [0.25, 0.3) is 0 Å². The van der Waals surface area contributed by atoms with Crippen LogP contribution in [-0.2, 0) is 35.7 Å². The monoisotopic (exact) mass is 808 g/mol. The second-order valence-corrected chi connectivity index (χ2v) is 14.7. The minimum Gasteiger partial charge on any atom is -0.512 e. The molecule has 1 aliphatic carbocycles.